The summed E-state index contributed by atoms with van der Waals surface area (Å²) in [5.74, 6) is 7.57. The molecule has 0 aliphatic carbocycles. The van der Waals surface area contributed by atoms with Gasteiger partial charge in [-0.25, -0.2) is 0 Å². The monoisotopic (exact) mass is 546 g/mol. The Morgan fingerprint density at radius 3 is 2.25 bits per heavy atom. The van der Waals surface area contributed by atoms with Crippen molar-refractivity contribution in [3.63, 3.8) is 0 Å². The van der Waals surface area contributed by atoms with Crippen LogP contribution in [0.2, 0.25) is 0 Å². The van der Waals surface area contributed by atoms with Crippen LogP contribution < -0.4 is 10.2 Å². The van der Waals surface area contributed by atoms with Crippen molar-refractivity contribution in [3.8, 4) is 17.6 Å². The Morgan fingerprint density at radius 2 is 1.82 bits per heavy atom. The fourth-order valence-electron chi connectivity index (χ4n) is 5.69. The molecule has 0 amide bonds. The lowest BCUT2D eigenvalue weighted by Crippen LogP contribution is -2.57. The fraction of sp³-hybridized carbons (Fsp3) is 0.543. The van der Waals surface area contributed by atoms with Crippen LogP contribution >= 0.6 is 0 Å². The molecular formula is C35H54N4O. The smallest absolute Gasteiger partial charge is 0.125 e. The third-order valence-electron chi connectivity index (χ3n) is 6.74. The molecule has 0 aromatic heterocycles. The van der Waals surface area contributed by atoms with E-state index in [2.05, 4.69) is 75.5 Å². The van der Waals surface area contributed by atoms with Gasteiger partial charge in [0.15, 0.2) is 0 Å². The van der Waals surface area contributed by atoms with Gasteiger partial charge in [0.05, 0.1) is 5.70 Å². The van der Waals surface area contributed by atoms with Crippen LogP contribution in [-0.4, -0.2) is 23.2 Å². The second-order valence-corrected chi connectivity index (χ2v) is 12.1. The molecule has 2 rings (SSSR count). The van der Waals surface area contributed by atoms with Crippen molar-refractivity contribution < 1.29 is 5.11 Å². The summed E-state index contributed by atoms with van der Waals surface area (Å²) in [6.45, 7) is 25.4. The van der Waals surface area contributed by atoms with Crippen LogP contribution in [-0.2, 0) is 0 Å². The fourth-order valence-corrected chi connectivity index (χ4v) is 5.69. The summed E-state index contributed by atoms with van der Waals surface area (Å²) in [6, 6.07) is 5.64. The number of anilines is 1. The Hall–Kier alpha value is -3.10. The zero-order valence-electron chi connectivity index (χ0n) is 27.0. The lowest BCUT2D eigenvalue weighted by Gasteiger charge is -2.45. The van der Waals surface area contributed by atoms with Gasteiger partial charge >= 0.3 is 0 Å². The Kier molecular flexibility index (Phi) is 14.2. The van der Waals surface area contributed by atoms with E-state index >= 15 is 0 Å². The van der Waals surface area contributed by atoms with E-state index in [0.717, 1.165) is 46.9 Å². The molecule has 0 radical (unpaired) electrons. The number of phenolic OH excluding ortho intramolecular Hbond substituents is 1. The quantitative estimate of drug-likeness (QED) is 0.194. The zero-order valence-corrected chi connectivity index (χ0v) is 27.0. The van der Waals surface area contributed by atoms with Gasteiger partial charge in [0.2, 0.25) is 0 Å². The van der Waals surface area contributed by atoms with Crippen LogP contribution in [0, 0.1) is 23.7 Å². The first kappa shape index (κ1) is 34.9. The van der Waals surface area contributed by atoms with Crippen LogP contribution in [0.3, 0.4) is 0 Å². The van der Waals surface area contributed by atoms with Gasteiger partial charge in [-0.05, 0) is 103 Å². The molecule has 0 bridgehead atoms. The highest BCUT2D eigenvalue weighted by Gasteiger charge is 2.35. The first-order valence-electron chi connectivity index (χ1n) is 14.6. The number of allylic oxidation sites excluding steroid dienone is 4. The van der Waals surface area contributed by atoms with Gasteiger partial charge in [-0.3, -0.25) is 0 Å². The molecule has 1 atom stereocenters. The average Bonchev–Trinajstić information content (AvgIpc) is 2.84. The van der Waals surface area contributed by atoms with E-state index in [0.29, 0.717) is 11.1 Å². The molecule has 1 aromatic carbocycles. The highest BCUT2D eigenvalue weighted by Crippen LogP contribution is 2.36. The average molecular weight is 547 g/mol. The highest BCUT2D eigenvalue weighted by molar-refractivity contribution is 5.78. The van der Waals surface area contributed by atoms with E-state index in [-0.39, 0.29) is 11.7 Å². The molecule has 1 unspecified atom stereocenters. The van der Waals surface area contributed by atoms with Gasteiger partial charge in [-0.1, -0.05) is 39.3 Å². The number of hydrogen-bond acceptors (Lipinski definition) is 5. The van der Waals surface area contributed by atoms with Crippen molar-refractivity contribution in [2.45, 2.75) is 106 Å². The van der Waals surface area contributed by atoms with Gasteiger partial charge in [-0.15, -0.1) is 5.92 Å². The van der Waals surface area contributed by atoms with E-state index in [1.807, 2.05) is 63.1 Å². The molecule has 0 spiro atoms. The summed E-state index contributed by atoms with van der Waals surface area (Å²) in [4.78, 5) is 1.86. The maximum Gasteiger partial charge on any atom is 0.125 e. The number of benzene rings is 1. The number of piperidine rings is 1. The van der Waals surface area contributed by atoms with Crippen LogP contribution in [0.1, 0.15) is 100 Å². The van der Waals surface area contributed by atoms with Crippen molar-refractivity contribution >= 4 is 11.3 Å². The molecule has 1 saturated heterocycles. The molecule has 0 saturated carbocycles. The minimum absolute atomic E-state index is 0.0147. The number of nitrogens with zero attached hydrogens (tertiary/aromatic N) is 3. The predicted molar refractivity (Wildman–Crippen MR) is 174 cm³/mol. The van der Waals surface area contributed by atoms with Gasteiger partial charge in [-0.2, -0.15) is 10.2 Å². The van der Waals surface area contributed by atoms with Crippen LogP contribution in [0.5, 0.6) is 5.75 Å². The molecular weight excluding hydrogens is 492 g/mol. The van der Waals surface area contributed by atoms with Crippen LogP contribution in [0.25, 0.3) is 5.57 Å². The Labute approximate surface area is 245 Å². The van der Waals surface area contributed by atoms with E-state index in [1.165, 1.54) is 12.8 Å². The molecule has 1 aliphatic heterocycles. The standard InChI is InChI=1S/C25H33N3O.C10H21N/c1-8-12-13-20(10-3)23(18-24(19(5)6)27-26-7)22-15-14-21(17-25(22)29)28(11-4)16-9-2;1-8-6-9(2,3)11-10(4,5)7-8/h9,11,14-18,20,29H,4,8,10H2,1-3,5-7H3;8,11H,6-7H2,1-5H3/b16-9-,23-18+,27-26?;. The van der Waals surface area contributed by atoms with Crippen molar-refractivity contribution in [2.75, 3.05) is 11.9 Å². The zero-order chi connectivity index (χ0) is 30.5. The normalized spacial score (nSPS) is 17.4. The summed E-state index contributed by atoms with van der Waals surface area (Å²) >= 11 is 0. The number of azo groups is 1. The van der Waals surface area contributed by atoms with E-state index in [9.17, 15) is 5.11 Å². The molecule has 2 N–H and O–H groups in total. The Morgan fingerprint density at radius 1 is 1.20 bits per heavy atom. The third-order valence-corrected chi connectivity index (χ3v) is 6.74. The number of hydrogen-bond donors (Lipinski definition) is 2. The first-order valence-corrected chi connectivity index (χ1v) is 14.6. The lowest BCUT2D eigenvalue weighted by atomic mass is 9.77. The Bertz CT molecular complexity index is 1140. The molecule has 1 aromatic rings. The van der Waals surface area contributed by atoms with E-state index in [4.69, 9.17) is 0 Å². The number of nitrogens with one attached hydrogen (secondary N) is 1. The second-order valence-electron chi connectivity index (χ2n) is 12.1. The second kappa shape index (κ2) is 16.2. The largest absolute Gasteiger partial charge is 0.507 e. The van der Waals surface area contributed by atoms with Crippen LogP contribution in [0.4, 0.5) is 5.69 Å². The third kappa shape index (κ3) is 11.2. The van der Waals surface area contributed by atoms with Gasteiger partial charge in [0.1, 0.15) is 5.75 Å². The van der Waals surface area contributed by atoms with Crippen LogP contribution in [0.15, 0.2) is 70.8 Å². The van der Waals surface area contributed by atoms with Gasteiger partial charge in [0.25, 0.3) is 0 Å². The molecule has 1 fully saturated rings. The summed E-state index contributed by atoms with van der Waals surface area (Å²) < 4.78 is 0. The van der Waals surface area contributed by atoms with Crippen molar-refractivity contribution in [1.29, 1.82) is 0 Å². The summed E-state index contributed by atoms with van der Waals surface area (Å²) in [5.41, 5.74) is 5.03. The summed E-state index contributed by atoms with van der Waals surface area (Å²) in [6.07, 6.45) is 11.7. The molecule has 220 valence electrons. The first-order chi connectivity index (χ1) is 18.7. The summed E-state index contributed by atoms with van der Waals surface area (Å²) in [5, 5.41) is 22.8. The van der Waals surface area contributed by atoms with Crippen molar-refractivity contribution in [1.82, 2.24) is 5.32 Å². The molecule has 5 nitrogen and oxygen atoms in total. The van der Waals surface area contributed by atoms with Gasteiger partial charge in [0, 0.05) is 60.2 Å². The lowest BCUT2D eigenvalue weighted by molar-refractivity contribution is 0.138. The topological polar surface area (TPSA) is 60.2 Å². The van der Waals surface area contributed by atoms with E-state index < -0.39 is 0 Å². The summed E-state index contributed by atoms with van der Waals surface area (Å²) in [7, 11) is 1.65. The highest BCUT2D eigenvalue weighted by atomic mass is 16.3. The maximum absolute atomic E-state index is 10.9. The van der Waals surface area contributed by atoms with E-state index in [1.54, 1.807) is 19.3 Å². The minimum Gasteiger partial charge on any atom is -0.507 e. The molecule has 1 aliphatic rings. The van der Waals surface area contributed by atoms with Gasteiger partial charge < -0.3 is 15.3 Å². The molecule has 40 heavy (non-hydrogen) atoms. The molecule has 5 heteroatoms. The maximum atomic E-state index is 10.9. The Balaban J connectivity index is 0.000000603. The molecule has 1 heterocycles. The van der Waals surface area contributed by atoms with Crippen molar-refractivity contribution in [2.24, 2.45) is 22.1 Å². The number of rotatable bonds is 8. The number of phenols is 1. The SMILES string of the molecule is C=CN(/C=C\C)c1ccc(/C(=C/C(N=NC)=C(C)C)C(C#CCC)CC)c(O)c1.CC1CC(C)(C)NC(C)(C)C1. The van der Waals surface area contributed by atoms with Crippen molar-refractivity contribution in [3.05, 3.63) is 66.2 Å². The number of aromatic hydroxyl groups is 1. The minimum atomic E-state index is -0.0147. The predicted octanol–water partition coefficient (Wildman–Crippen LogP) is 9.64.